The lowest BCUT2D eigenvalue weighted by Crippen LogP contribution is -2.06. The molecule has 1 heterocycles. The van der Waals surface area contributed by atoms with E-state index < -0.39 is 0 Å². The molecule has 2 aromatic carbocycles. The molecule has 0 fully saturated rings. The highest BCUT2D eigenvalue weighted by molar-refractivity contribution is 7.98. The zero-order valence-electron chi connectivity index (χ0n) is 16.1. The van der Waals surface area contributed by atoms with E-state index >= 15 is 0 Å². The summed E-state index contributed by atoms with van der Waals surface area (Å²) >= 11 is 1.55. The summed E-state index contributed by atoms with van der Waals surface area (Å²) in [5, 5.41) is 12.8. The second-order valence-electron chi connectivity index (χ2n) is 6.41. The molecule has 0 aliphatic heterocycles. The van der Waals surface area contributed by atoms with Crippen molar-refractivity contribution in [2.24, 2.45) is 0 Å². The van der Waals surface area contributed by atoms with Gasteiger partial charge in [-0.3, -0.25) is 4.79 Å². The molecular weight excluding hydrogens is 360 g/mol. The van der Waals surface area contributed by atoms with E-state index in [0.717, 1.165) is 33.7 Å². The van der Waals surface area contributed by atoms with Gasteiger partial charge in [0.15, 0.2) is 5.78 Å². The zero-order valence-corrected chi connectivity index (χ0v) is 16.9. The minimum Gasteiger partial charge on any atom is -0.497 e. The maximum atomic E-state index is 12.0. The number of carbonyl (C=O) groups excluding carboxylic acids is 1. The molecule has 0 spiro atoms. The number of methoxy groups -OCH3 is 1. The quantitative estimate of drug-likeness (QED) is 0.472. The van der Waals surface area contributed by atoms with E-state index in [0.29, 0.717) is 10.9 Å². The Bertz CT molecular complexity index is 980. The Morgan fingerprint density at radius 3 is 2.48 bits per heavy atom. The van der Waals surface area contributed by atoms with Crippen molar-refractivity contribution < 1.29 is 9.53 Å². The summed E-state index contributed by atoms with van der Waals surface area (Å²) in [6.07, 6.45) is 0. The van der Waals surface area contributed by atoms with Gasteiger partial charge in [-0.05, 0) is 84.6 Å². The summed E-state index contributed by atoms with van der Waals surface area (Å²) in [5.74, 6) is 1.57. The molecule has 0 amide bonds. The molecule has 3 rings (SSSR count). The lowest BCUT2D eigenvalue weighted by atomic mass is 9.92. The fourth-order valence-electron chi connectivity index (χ4n) is 3.28. The molecule has 0 radical (unpaired) electrons. The lowest BCUT2D eigenvalue weighted by Gasteiger charge is -2.15. The monoisotopic (exact) mass is 382 g/mol. The molecule has 7 heteroatoms. The van der Waals surface area contributed by atoms with Gasteiger partial charge < -0.3 is 4.74 Å². The van der Waals surface area contributed by atoms with Crippen molar-refractivity contribution in [2.45, 2.75) is 38.6 Å². The van der Waals surface area contributed by atoms with Gasteiger partial charge in [-0.15, -0.1) is 5.10 Å². The maximum Gasteiger partial charge on any atom is 0.214 e. The Morgan fingerprint density at radius 2 is 1.85 bits per heavy atom. The second kappa shape index (κ2) is 7.92. The first kappa shape index (κ1) is 19.1. The van der Waals surface area contributed by atoms with Crippen LogP contribution in [0.4, 0.5) is 0 Å². The fraction of sp³-hybridized carbons (Fsp3) is 0.300. The highest BCUT2D eigenvalue weighted by atomic mass is 32.2. The van der Waals surface area contributed by atoms with Crippen LogP contribution in [0.15, 0.2) is 35.5 Å². The number of Topliss-reactive ketones (excluding diaryl/α,β-unsaturated/α-hetero) is 1. The van der Waals surface area contributed by atoms with Crippen molar-refractivity contribution in [3.8, 4) is 11.4 Å². The highest BCUT2D eigenvalue weighted by Crippen LogP contribution is 2.29. The third kappa shape index (κ3) is 3.88. The van der Waals surface area contributed by atoms with Crippen molar-refractivity contribution in [2.75, 3.05) is 7.11 Å². The molecule has 140 valence electrons. The molecule has 0 unspecified atom stereocenters. The van der Waals surface area contributed by atoms with E-state index in [1.807, 2.05) is 38.1 Å². The average Bonchev–Trinajstić information content (AvgIpc) is 3.09. The van der Waals surface area contributed by atoms with Crippen LogP contribution in [0.1, 0.15) is 39.5 Å². The minimum atomic E-state index is 0.0966. The van der Waals surface area contributed by atoms with Crippen LogP contribution in [0, 0.1) is 20.8 Å². The van der Waals surface area contributed by atoms with Gasteiger partial charge in [-0.1, -0.05) is 17.8 Å². The third-order valence-corrected chi connectivity index (χ3v) is 5.53. The Labute approximate surface area is 162 Å². The summed E-state index contributed by atoms with van der Waals surface area (Å²) in [4.78, 5) is 12.0. The van der Waals surface area contributed by atoms with Crippen LogP contribution >= 0.6 is 11.8 Å². The van der Waals surface area contributed by atoms with Crippen molar-refractivity contribution in [1.82, 2.24) is 20.2 Å². The zero-order chi connectivity index (χ0) is 19.6. The maximum absolute atomic E-state index is 12.0. The first-order valence-electron chi connectivity index (χ1n) is 8.58. The lowest BCUT2D eigenvalue weighted by molar-refractivity contribution is 0.101. The van der Waals surface area contributed by atoms with Crippen LogP contribution in [0.2, 0.25) is 0 Å². The van der Waals surface area contributed by atoms with E-state index in [-0.39, 0.29) is 5.78 Å². The molecular formula is C20H22N4O2S. The number of tetrazole rings is 1. The van der Waals surface area contributed by atoms with Crippen LogP contribution < -0.4 is 4.74 Å². The van der Waals surface area contributed by atoms with Crippen molar-refractivity contribution in [3.63, 3.8) is 0 Å². The smallest absolute Gasteiger partial charge is 0.214 e. The van der Waals surface area contributed by atoms with Gasteiger partial charge in [0.2, 0.25) is 5.16 Å². The van der Waals surface area contributed by atoms with Gasteiger partial charge >= 0.3 is 0 Å². The Hall–Kier alpha value is -2.67. The summed E-state index contributed by atoms with van der Waals surface area (Å²) in [5.41, 5.74) is 6.06. The number of hydrogen-bond acceptors (Lipinski definition) is 6. The van der Waals surface area contributed by atoms with E-state index in [1.54, 1.807) is 30.5 Å². The molecule has 27 heavy (non-hydrogen) atoms. The van der Waals surface area contributed by atoms with Crippen LogP contribution in [0.25, 0.3) is 5.69 Å². The largest absolute Gasteiger partial charge is 0.497 e. The number of benzene rings is 2. The summed E-state index contributed by atoms with van der Waals surface area (Å²) in [7, 11) is 1.63. The average molecular weight is 382 g/mol. The first-order chi connectivity index (χ1) is 12.9. The summed E-state index contributed by atoms with van der Waals surface area (Å²) in [6.45, 7) is 7.69. The number of nitrogens with zero attached hydrogens (tertiary/aromatic N) is 4. The van der Waals surface area contributed by atoms with Gasteiger partial charge in [-0.25, -0.2) is 0 Å². The summed E-state index contributed by atoms with van der Waals surface area (Å²) < 4.78 is 6.90. The standard InChI is InChI=1S/C20H22N4O2S/c1-12-10-13(2)19(15(4)25)14(3)18(12)11-27-20-21-22-23-24(20)16-6-8-17(26-5)9-7-16/h6-10H,11H2,1-5H3. The topological polar surface area (TPSA) is 69.9 Å². The SMILES string of the molecule is COc1ccc(-n2nnnc2SCc2c(C)cc(C)c(C(C)=O)c2C)cc1. The molecule has 6 nitrogen and oxygen atoms in total. The van der Waals surface area contributed by atoms with Crippen molar-refractivity contribution in [1.29, 1.82) is 0 Å². The highest BCUT2D eigenvalue weighted by Gasteiger charge is 2.16. The number of aromatic nitrogens is 4. The molecule has 0 aliphatic carbocycles. The van der Waals surface area contributed by atoms with Crippen LogP contribution in [0.5, 0.6) is 5.75 Å². The van der Waals surface area contributed by atoms with Gasteiger partial charge in [0.25, 0.3) is 0 Å². The Balaban J connectivity index is 1.87. The van der Waals surface area contributed by atoms with Gasteiger partial charge in [0, 0.05) is 11.3 Å². The number of ketones is 1. The molecule has 0 N–H and O–H groups in total. The predicted molar refractivity (Wildman–Crippen MR) is 106 cm³/mol. The molecule has 0 saturated carbocycles. The van der Waals surface area contributed by atoms with Crippen molar-refractivity contribution in [3.05, 3.63) is 58.1 Å². The normalized spacial score (nSPS) is 10.9. The van der Waals surface area contributed by atoms with Crippen LogP contribution in [0.3, 0.4) is 0 Å². The van der Waals surface area contributed by atoms with Gasteiger partial charge in [0.05, 0.1) is 12.8 Å². The molecule has 0 bridgehead atoms. The van der Waals surface area contributed by atoms with Crippen LogP contribution in [-0.2, 0) is 5.75 Å². The Morgan fingerprint density at radius 1 is 1.15 bits per heavy atom. The fourth-order valence-corrected chi connectivity index (χ4v) is 4.36. The van der Waals surface area contributed by atoms with Crippen LogP contribution in [-0.4, -0.2) is 33.1 Å². The number of thioether (sulfide) groups is 1. The number of aryl methyl sites for hydroxylation is 2. The van der Waals surface area contributed by atoms with E-state index in [9.17, 15) is 4.79 Å². The molecule has 0 aliphatic rings. The summed E-state index contributed by atoms with van der Waals surface area (Å²) in [6, 6.07) is 9.65. The third-order valence-electron chi connectivity index (χ3n) is 4.59. The van der Waals surface area contributed by atoms with E-state index in [1.165, 1.54) is 5.56 Å². The number of ether oxygens (including phenoxy) is 1. The van der Waals surface area contributed by atoms with Crippen molar-refractivity contribution >= 4 is 17.5 Å². The molecule has 3 aromatic rings. The minimum absolute atomic E-state index is 0.0966. The predicted octanol–water partition coefficient (Wildman–Crippen LogP) is 4.09. The van der Waals surface area contributed by atoms with E-state index in [4.69, 9.17) is 4.74 Å². The Kier molecular flexibility index (Phi) is 5.60. The van der Waals surface area contributed by atoms with Gasteiger partial charge in [0.1, 0.15) is 5.75 Å². The number of carbonyl (C=O) groups is 1. The number of rotatable bonds is 6. The van der Waals surface area contributed by atoms with E-state index in [2.05, 4.69) is 28.5 Å². The second-order valence-corrected chi connectivity index (χ2v) is 7.35. The molecule has 1 aromatic heterocycles. The molecule has 0 atom stereocenters. The number of hydrogen-bond donors (Lipinski definition) is 0. The molecule has 0 saturated heterocycles. The first-order valence-corrected chi connectivity index (χ1v) is 9.57. The van der Waals surface area contributed by atoms with Gasteiger partial charge in [-0.2, -0.15) is 4.68 Å².